The van der Waals surface area contributed by atoms with Gasteiger partial charge in [-0.05, 0) is 6.42 Å². The monoisotopic (exact) mass is 102 g/mol. The van der Waals surface area contributed by atoms with Crippen LogP contribution in [0, 0.1) is 0 Å². The number of nitrogens with one attached hydrogen (secondary N) is 2. The zero-order valence-electron chi connectivity index (χ0n) is 4.15. The Morgan fingerprint density at radius 3 is 2.14 bits per heavy atom. The van der Waals surface area contributed by atoms with Gasteiger partial charge in [-0.1, -0.05) is 0 Å². The lowest BCUT2D eigenvalue weighted by Crippen LogP contribution is -2.14. The van der Waals surface area contributed by atoms with E-state index in [9.17, 15) is 0 Å². The molecule has 0 saturated carbocycles. The first-order valence-electron chi connectivity index (χ1n) is 2.28. The van der Waals surface area contributed by atoms with Gasteiger partial charge in [0.2, 0.25) is 0 Å². The first-order valence-corrected chi connectivity index (χ1v) is 2.28. The van der Waals surface area contributed by atoms with Crippen molar-refractivity contribution in [1.82, 2.24) is 11.5 Å². The summed E-state index contributed by atoms with van der Waals surface area (Å²) in [6, 6.07) is 0. The number of hydrogen-bond donors (Lipinski definition) is 1. The number of aliphatic hydroxyl groups excluding tert-OH is 1. The Morgan fingerprint density at radius 1 is 1.43 bits per heavy atom. The van der Waals surface area contributed by atoms with Crippen molar-refractivity contribution in [2.75, 3.05) is 13.1 Å². The van der Waals surface area contributed by atoms with Gasteiger partial charge in [0.25, 0.3) is 0 Å². The molecule has 0 amide bonds. The van der Waals surface area contributed by atoms with Gasteiger partial charge in [-0.2, -0.15) is 0 Å². The van der Waals surface area contributed by atoms with Gasteiger partial charge in [0, 0.05) is 13.1 Å². The summed E-state index contributed by atoms with van der Waals surface area (Å²) in [6.45, 7) is 0.249. The molecule has 0 aromatic carbocycles. The second-order valence-corrected chi connectivity index (χ2v) is 1.40. The maximum absolute atomic E-state index is 8.55. The molecular weight excluding hydrogens is 92.1 g/mol. The average Bonchev–Trinajstić information content (AvgIpc) is 1.68. The fourth-order valence-electron chi connectivity index (χ4n) is 0.269. The van der Waals surface area contributed by atoms with Crippen molar-refractivity contribution in [3.05, 3.63) is 0 Å². The fraction of sp³-hybridized carbons (Fsp3) is 1.00. The van der Waals surface area contributed by atoms with E-state index in [-0.39, 0.29) is 13.1 Å². The van der Waals surface area contributed by atoms with Crippen molar-refractivity contribution in [3.8, 4) is 0 Å². The smallest absolute Gasteiger partial charge is 0.0691 e. The van der Waals surface area contributed by atoms with Crippen LogP contribution >= 0.6 is 0 Å². The highest BCUT2D eigenvalue weighted by Gasteiger charge is 1.96. The second kappa shape index (κ2) is 4.05. The highest BCUT2D eigenvalue weighted by Crippen LogP contribution is 1.83. The summed E-state index contributed by atoms with van der Waals surface area (Å²) in [6.07, 6.45) is -0.138. The van der Waals surface area contributed by atoms with Crippen LogP contribution in [0.2, 0.25) is 0 Å². The molecule has 0 aromatic rings. The summed E-state index contributed by atoms with van der Waals surface area (Å²) in [7, 11) is 0. The highest BCUT2D eigenvalue weighted by molar-refractivity contribution is 4.53. The normalized spacial score (nSPS) is 14.1. The molecule has 0 aliphatic carbocycles. The molecule has 0 heterocycles. The third kappa shape index (κ3) is 3.72. The van der Waals surface area contributed by atoms with Gasteiger partial charge in [-0.3, -0.25) is 11.5 Å². The Balaban J connectivity index is 2.83. The van der Waals surface area contributed by atoms with Crippen LogP contribution in [-0.2, 0) is 0 Å². The van der Waals surface area contributed by atoms with Crippen molar-refractivity contribution in [2.45, 2.75) is 12.5 Å². The molecule has 3 N–H and O–H groups in total. The lowest BCUT2D eigenvalue weighted by Gasteiger charge is -2.00. The van der Waals surface area contributed by atoms with Crippen molar-refractivity contribution >= 4 is 0 Å². The van der Waals surface area contributed by atoms with Crippen LogP contribution in [-0.4, -0.2) is 24.3 Å². The van der Waals surface area contributed by atoms with E-state index in [4.69, 9.17) is 16.6 Å². The molecule has 7 heavy (non-hydrogen) atoms. The van der Waals surface area contributed by atoms with E-state index in [2.05, 4.69) is 0 Å². The quantitative estimate of drug-likeness (QED) is 0.503. The van der Waals surface area contributed by atoms with Gasteiger partial charge in [0.15, 0.2) is 0 Å². The molecule has 3 nitrogen and oxygen atoms in total. The van der Waals surface area contributed by atoms with Crippen molar-refractivity contribution in [1.29, 1.82) is 0 Å². The van der Waals surface area contributed by atoms with E-state index in [1.54, 1.807) is 0 Å². The topological polar surface area (TPSA) is 67.8 Å². The van der Waals surface area contributed by atoms with Crippen LogP contribution in [0.25, 0.3) is 0 Å². The third-order valence-corrected chi connectivity index (χ3v) is 0.713. The molecule has 2 radical (unpaired) electrons. The molecule has 3 heteroatoms. The Kier molecular flexibility index (Phi) is 3.98. The zero-order valence-corrected chi connectivity index (χ0v) is 4.15. The van der Waals surface area contributed by atoms with Gasteiger partial charge in [-0.15, -0.1) is 0 Å². The highest BCUT2D eigenvalue weighted by atomic mass is 16.3. The Hall–Kier alpha value is -0.120. The summed E-state index contributed by atoms with van der Waals surface area (Å²) in [4.78, 5) is 0. The Bertz CT molecular complexity index is 40.7. The standard InChI is InChI=1S/C4H10N2O/c5-2-1-4(7)3-6/h4-7H,1-3H2. The van der Waals surface area contributed by atoms with E-state index >= 15 is 0 Å². The molecule has 1 atom stereocenters. The molecule has 0 saturated heterocycles. The third-order valence-electron chi connectivity index (χ3n) is 0.713. The van der Waals surface area contributed by atoms with Crippen LogP contribution in [0.3, 0.4) is 0 Å². The summed E-state index contributed by atoms with van der Waals surface area (Å²) >= 11 is 0. The molecule has 0 spiro atoms. The number of hydrogen-bond acceptors (Lipinski definition) is 1. The lowest BCUT2D eigenvalue weighted by atomic mass is 10.3. The molecular formula is C4H10N2O. The van der Waals surface area contributed by atoms with Crippen molar-refractivity contribution < 1.29 is 5.11 Å². The minimum atomic E-state index is -0.572. The minimum absolute atomic E-state index is 0.0267. The maximum Gasteiger partial charge on any atom is 0.0691 e. The van der Waals surface area contributed by atoms with Crippen LogP contribution in [0.4, 0.5) is 0 Å². The number of rotatable bonds is 3. The van der Waals surface area contributed by atoms with E-state index in [1.807, 2.05) is 0 Å². The molecule has 0 aliphatic rings. The molecule has 42 valence electrons. The van der Waals surface area contributed by atoms with Crippen LogP contribution in [0.5, 0.6) is 0 Å². The molecule has 0 aliphatic heterocycles. The second-order valence-electron chi connectivity index (χ2n) is 1.40. The van der Waals surface area contributed by atoms with E-state index in [1.165, 1.54) is 0 Å². The Morgan fingerprint density at radius 2 is 2.00 bits per heavy atom. The van der Waals surface area contributed by atoms with Gasteiger partial charge < -0.3 is 5.11 Å². The van der Waals surface area contributed by atoms with Crippen molar-refractivity contribution in [2.24, 2.45) is 0 Å². The molecule has 1 unspecified atom stereocenters. The first-order chi connectivity index (χ1) is 3.31. The summed E-state index contributed by atoms with van der Waals surface area (Å²) in [5.74, 6) is 0. The molecule has 0 bridgehead atoms. The van der Waals surface area contributed by atoms with Crippen molar-refractivity contribution in [3.63, 3.8) is 0 Å². The van der Waals surface area contributed by atoms with Gasteiger partial charge in [0.05, 0.1) is 6.10 Å². The molecule has 0 fully saturated rings. The van der Waals surface area contributed by atoms with E-state index in [0.717, 1.165) is 0 Å². The largest absolute Gasteiger partial charge is 0.392 e. The molecule has 0 aromatic heterocycles. The molecule has 0 rings (SSSR count). The van der Waals surface area contributed by atoms with Gasteiger partial charge in [0.1, 0.15) is 0 Å². The minimum Gasteiger partial charge on any atom is -0.392 e. The summed E-state index contributed by atoms with van der Waals surface area (Å²) in [5, 5.41) is 8.55. The number of aliphatic hydroxyl groups is 1. The first kappa shape index (κ1) is 6.88. The average molecular weight is 102 g/mol. The summed E-state index contributed by atoms with van der Waals surface area (Å²) in [5.41, 5.74) is 13.2. The summed E-state index contributed by atoms with van der Waals surface area (Å²) < 4.78 is 0. The van der Waals surface area contributed by atoms with Gasteiger partial charge >= 0.3 is 0 Å². The Labute approximate surface area is 43.3 Å². The lowest BCUT2D eigenvalue weighted by molar-refractivity contribution is 0.173. The van der Waals surface area contributed by atoms with E-state index in [0.29, 0.717) is 6.42 Å². The van der Waals surface area contributed by atoms with Crippen LogP contribution in [0.1, 0.15) is 6.42 Å². The zero-order chi connectivity index (χ0) is 5.70. The fourth-order valence-corrected chi connectivity index (χ4v) is 0.269. The predicted molar refractivity (Wildman–Crippen MR) is 26.6 cm³/mol. The maximum atomic E-state index is 8.55. The van der Waals surface area contributed by atoms with Crippen LogP contribution in [0.15, 0.2) is 0 Å². The van der Waals surface area contributed by atoms with Gasteiger partial charge in [-0.25, -0.2) is 0 Å². The van der Waals surface area contributed by atoms with Crippen LogP contribution < -0.4 is 11.5 Å². The van der Waals surface area contributed by atoms with E-state index < -0.39 is 6.10 Å². The SMILES string of the molecule is [NH]CCC(O)C[NH]. The predicted octanol–water partition coefficient (Wildman–Crippen LogP) is -0.697.